The standard InChI is InChI=1S/C18H18F3N5O2/c19-18(20,21)28-15-4-2-1-3-12(15)11-5-6-13-14(9-11)26(10-16(23)27)25-17(13)24-8-7-22/h1-6,9H,7-8,10,22H2,(H2,23,27)(H,24,25). The number of aromatic nitrogens is 2. The zero-order chi connectivity index (χ0) is 20.3. The van der Waals surface area contributed by atoms with Gasteiger partial charge in [-0.25, -0.2) is 0 Å². The van der Waals surface area contributed by atoms with Gasteiger partial charge in [0.05, 0.1) is 5.52 Å². The van der Waals surface area contributed by atoms with Crippen molar-refractivity contribution in [3.8, 4) is 16.9 Å². The Morgan fingerprint density at radius 3 is 2.64 bits per heavy atom. The van der Waals surface area contributed by atoms with E-state index in [1.54, 1.807) is 24.3 Å². The fraction of sp³-hybridized carbons (Fsp3) is 0.222. The third-order valence-electron chi connectivity index (χ3n) is 3.92. The monoisotopic (exact) mass is 393 g/mol. The Bertz CT molecular complexity index is 1000. The summed E-state index contributed by atoms with van der Waals surface area (Å²) in [6.07, 6.45) is -4.81. The van der Waals surface area contributed by atoms with E-state index in [-0.39, 0.29) is 17.9 Å². The van der Waals surface area contributed by atoms with Crippen LogP contribution in [0.2, 0.25) is 0 Å². The van der Waals surface area contributed by atoms with E-state index >= 15 is 0 Å². The summed E-state index contributed by atoms with van der Waals surface area (Å²) in [6, 6.07) is 10.8. The Morgan fingerprint density at radius 2 is 1.96 bits per heavy atom. The molecule has 2 aromatic carbocycles. The van der Waals surface area contributed by atoms with E-state index in [0.717, 1.165) is 0 Å². The number of carbonyl (C=O) groups is 1. The lowest BCUT2D eigenvalue weighted by Crippen LogP contribution is -2.19. The van der Waals surface area contributed by atoms with Crippen molar-refractivity contribution in [3.63, 3.8) is 0 Å². The summed E-state index contributed by atoms with van der Waals surface area (Å²) in [5.41, 5.74) is 12.0. The summed E-state index contributed by atoms with van der Waals surface area (Å²) in [7, 11) is 0. The highest BCUT2D eigenvalue weighted by Crippen LogP contribution is 2.36. The minimum Gasteiger partial charge on any atom is -0.405 e. The van der Waals surface area contributed by atoms with Crippen molar-refractivity contribution in [2.75, 3.05) is 18.4 Å². The lowest BCUT2D eigenvalue weighted by molar-refractivity contribution is -0.274. The summed E-state index contributed by atoms with van der Waals surface area (Å²) >= 11 is 0. The number of primary amides is 1. The van der Waals surface area contributed by atoms with Crippen LogP contribution in [0.1, 0.15) is 0 Å². The number of anilines is 1. The number of alkyl halides is 3. The first kappa shape index (κ1) is 19.5. The Kier molecular flexibility index (Phi) is 5.41. The lowest BCUT2D eigenvalue weighted by Gasteiger charge is -2.13. The molecule has 0 radical (unpaired) electrons. The average molecular weight is 393 g/mol. The number of carbonyl (C=O) groups excluding carboxylic acids is 1. The number of fused-ring (bicyclic) bond motifs is 1. The van der Waals surface area contributed by atoms with Crippen LogP contribution in [-0.4, -0.2) is 35.1 Å². The molecule has 10 heteroatoms. The maximum absolute atomic E-state index is 12.7. The molecule has 0 aliphatic rings. The van der Waals surface area contributed by atoms with Gasteiger partial charge in [-0.05, 0) is 23.8 Å². The fourth-order valence-electron chi connectivity index (χ4n) is 2.85. The number of nitrogens with zero attached hydrogens (tertiary/aromatic N) is 2. The smallest absolute Gasteiger partial charge is 0.405 e. The number of para-hydroxylation sites is 1. The first-order valence-corrected chi connectivity index (χ1v) is 8.36. The van der Waals surface area contributed by atoms with E-state index in [1.165, 1.54) is 22.9 Å². The van der Waals surface area contributed by atoms with Crippen LogP contribution in [0.25, 0.3) is 22.0 Å². The van der Waals surface area contributed by atoms with Crippen LogP contribution < -0.4 is 21.5 Å². The van der Waals surface area contributed by atoms with Crippen molar-refractivity contribution in [1.29, 1.82) is 0 Å². The molecule has 0 atom stereocenters. The zero-order valence-electron chi connectivity index (χ0n) is 14.7. The molecule has 1 amide bonds. The number of halogens is 3. The minimum absolute atomic E-state index is 0.176. The number of hydrogen-bond acceptors (Lipinski definition) is 5. The van der Waals surface area contributed by atoms with E-state index in [1.807, 2.05) is 0 Å². The van der Waals surface area contributed by atoms with Gasteiger partial charge in [0.15, 0.2) is 5.82 Å². The van der Waals surface area contributed by atoms with E-state index in [0.29, 0.717) is 35.4 Å². The molecule has 0 bridgehead atoms. The third-order valence-corrected chi connectivity index (χ3v) is 3.92. The molecule has 1 aromatic heterocycles. The molecule has 148 valence electrons. The molecular formula is C18H18F3N5O2. The predicted molar refractivity (Wildman–Crippen MR) is 98.6 cm³/mol. The zero-order valence-corrected chi connectivity index (χ0v) is 14.7. The first-order chi connectivity index (χ1) is 13.3. The van der Waals surface area contributed by atoms with Crippen LogP contribution in [0.5, 0.6) is 5.75 Å². The molecule has 28 heavy (non-hydrogen) atoms. The second-order valence-electron chi connectivity index (χ2n) is 5.96. The van der Waals surface area contributed by atoms with Crippen molar-refractivity contribution in [2.24, 2.45) is 11.5 Å². The Hall–Kier alpha value is -3.27. The molecule has 1 heterocycles. The summed E-state index contributed by atoms with van der Waals surface area (Å²) in [6.45, 7) is 0.669. The third kappa shape index (κ3) is 4.34. The van der Waals surface area contributed by atoms with Crippen molar-refractivity contribution in [3.05, 3.63) is 42.5 Å². The Labute approximate surface area is 158 Å². The maximum atomic E-state index is 12.7. The summed E-state index contributed by atoms with van der Waals surface area (Å²) < 4.78 is 43.7. The summed E-state index contributed by atoms with van der Waals surface area (Å²) in [5.74, 6) is -0.411. The minimum atomic E-state index is -4.81. The van der Waals surface area contributed by atoms with Crippen LogP contribution in [0, 0.1) is 0 Å². The van der Waals surface area contributed by atoms with Gasteiger partial charge in [-0.2, -0.15) is 5.10 Å². The fourth-order valence-corrected chi connectivity index (χ4v) is 2.85. The molecule has 5 N–H and O–H groups in total. The highest BCUT2D eigenvalue weighted by molar-refractivity contribution is 5.94. The molecule has 0 fully saturated rings. The van der Waals surface area contributed by atoms with Crippen molar-refractivity contribution >= 4 is 22.6 Å². The highest BCUT2D eigenvalue weighted by Gasteiger charge is 2.32. The topological polar surface area (TPSA) is 108 Å². The van der Waals surface area contributed by atoms with E-state index in [4.69, 9.17) is 11.5 Å². The SMILES string of the molecule is NCCNc1nn(CC(N)=O)c2cc(-c3ccccc3OC(F)(F)F)ccc12. The number of nitrogens with two attached hydrogens (primary N) is 2. The normalized spacial score (nSPS) is 11.6. The number of benzene rings is 2. The molecule has 0 saturated heterocycles. The van der Waals surface area contributed by atoms with Crippen LogP contribution in [-0.2, 0) is 11.3 Å². The Morgan fingerprint density at radius 1 is 1.21 bits per heavy atom. The van der Waals surface area contributed by atoms with Crippen molar-refractivity contribution in [2.45, 2.75) is 12.9 Å². The van der Waals surface area contributed by atoms with E-state index in [2.05, 4.69) is 15.2 Å². The van der Waals surface area contributed by atoms with Gasteiger partial charge in [0.2, 0.25) is 5.91 Å². The van der Waals surface area contributed by atoms with Gasteiger partial charge in [-0.15, -0.1) is 13.2 Å². The molecule has 0 aliphatic carbocycles. The summed E-state index contributed by atoms with van der Waals surface area (Å²) in [5, 5.41) is 8.06. The van der Waals surface area contributed by atoms with Crippen molar-refractivity contribution < 1.29 is 22.7 Å². The quantitative estimate of drug-likeness (QED) is 0.571. The molecule has 0 unspecified atom stereocenters. The van der Waals surface area contributed by atoms with Crippen molar-refractivity contribution in [1.82, 2.24) is 9.78 Å². The molecule has 3 aromatic rings. The summed E-state index contributed by atoms with van der Waals surface area (Å²) in [4.78, 5) is 11.4. The van der Waals surface area contributed by atoms with E-state index < -0.39 is 12.3 Å². The average Bonchev–Trinajstić information content (AvgIpc) is 2.95. The second-order valence-corrected chi connectivity index (χ2v) is 5.96. The largest absolute Gasteiger partial charge is 0.573 e. The van der Waals surface area contributed by atoms with E-state index in [9.17, 15) is 18.0 Å². The Balaban J connectivity index is 2.10. The number of hydrogen-bond donors (Lipinski definition) is 3. The van der Waals surface area contributed by atoms with Gasteiger partial charge in [0.1, 0.15) is 12.3 Å². The number of nitrogens with one attached hydrogen (secondary N) is 1. The van der Waals surface area contributed by atoms with Gasteiger partial charge in [0.25, 0.3) is 0 Å². The predicted octanol–water partition coefficient (Wildman–Crippen LogP) is 2.46. The number of rotatable bonds is 7. The van der Waals surface area contributed by atoms with Crippen LogP contribution >= 0.6 is 0 Å². The molecular weight excluding hydrogens is 375 g/mol. The highest BCUT2D eigenvalue weighted by atomic mass is 19.4. The lowest BCUT2D eigenvalue weighted by atomic mass is 10.0. The number of ether oxygens (including phenoxy) is 1. The van der Waals surface area contributed by atoms with Crippen LogP contribution in [0.3, 0.4) is 0 Å². The van der Waals surface area contributed by atoms with Gasteiger partial charge in [0, 0.05) is 24.0 Å². The first-order valence-electron chi connectivity index (χ1n) is 8.36. The second kappa shape index (κ2) is 7.77. The maximum Gasteiger partial charge on any atom is 0.573 e. The number of amides is 1. The van der Waals surface area contributed by atoms with Gasteiger partial charge in [-0.3, -0.25) is 9.48 Å². The van der Waals surface area contributed by atoms with Gasteiger partial charge in [-0.1, -0.05) is 24.3 Å². The molecule has 3 rings (SSSR count). The van der Waals surface area contributed by atoms with Crippen LogP contribution in [0.4, 0.5) is 19.0 Å². The van der Waals surface area contributed by atoms with Crippen LogP contribution in [0.15, 0.2) is 42.5 Å². The molecule has 7 nitrogen and oxygen atoms in total. The molecule has 0 spiro atoms. The molecule has 0 aliphatic heterocycles. The van der Waals surface area contributed by atoms with Gasteiger partial charge >= 0.3 is 6.36 Å². The molecule has 0 saturated carbocycles. The van der Waals surface area contributed by atoms with Gasteiger partial charge < -0.3 is 21.5 Å².